The van der Waals surface area contributed by atoms with E-state index in [0.29, 0.717) is 23.2 Å². The van der Waals surface area contributed by atoms with Gasteiger partial charge in [0.05, 0.1) is 24.4 Å². The number of aliphatic hydroxyl groups excluding tert-OH is 2. The minimum atomic E-state index is -0.265. The Balaban J connectivity index is 1.50. The second-order valence-corrected chi connectivity index (χ2v) is 15.5. The SMILES string of the molecule is CC1(C)CC[C@@]23CO[C@@]4(C=C[C@H]5[C@@]6(C)CCC(O)C(C)(C)[C@H]6CC[C@@]5(C)[C@]4(C)CC2O)[C@@H]3C1. The third kappa shape index (κ3) is 2.40. The Kier molecular flexibility index (Phi) is 4.40. The van der Waals surface area contributed by atoms with Crippen molar-refractivity contribution in [2.75, 3.05) is 6.61 Å². The maximum atomic E-state index is 11.8. The van der Waals surface area contributed by atoms with E-state index in [9.17, 15) is 10.2 Å². The van der Waals surface area contributed by atoms with Crippen LogP contribution in [0.25, 0.3) is 0 Å². The van der Waals surface area contributed by atoms with E-state index in [1.54, 1.807) is 0 Å². The van der Waals surface area contributed by atoms with E-state index in [2.05, 4.69) is 60.6 Å². The predicted molar refractivity (Wildman–Crippen MR) is 132 cm³/mol. The molecule has 2 bridgehead atoms. The van der Waals surface area contributed by atoms with Gasteiger partial charge in [0.25, 0.3) is 0 Å². The van der Waals surface area contributed by atoms with Crippen molar-refractivity contribution in [3.05, 3.63) is 12.2 Å². The van der Waals surface area contributed by atoms with Crippen LogP contribution in [0.15, 0.2) is 12.2 Å². The van der Waals surface area contributed by atoms with Crippen molar-refractivity contribution >= 4 is 0 Å². The van der Waals surface area contributed by atoms with Crippen LogP contribution in [0.1, 0.15) is 99.8 Å². The van der Waals surface area contributed by atoms with Crippen molar-refractivity contribution < 1.29 is 14.9 Å². The summed E-state index contributed by atoms with van der Waals surface area (Å²) in [6, 6.07) is 0. The van der Waals surface area contributed by atoms with Gasteiger partial charge in [0.15, 0.2) is 0 Å². The first-order chi connectivity index (χ1) is 15.2. The van der Waals surface area contributed by atoms with Crippen LogP contribution in [0.2, 0.25) is 0 Å². The third-order valence-electron chi connectivity index (χ3n) is 13.6. The van der Waals surface area contributed by atoms with E-state index in [-0.39, 0.29) is 44.9 Å². The van der Waals surface area contributed by atoms with Gasteiger partial charge in [-0.25, -0.2) is 0 Å². The number of rotatable bonds is 0. The van der Waals surface area contributed by atoms with Crippen LogP contribution >= 0.6 is 0 Å². The molecule has 2 N–H and O–H groups in total. The maximum absolute atomic E-state index is 11.8. The molecule has 6 rings (SSSR count). The van der Waals surface area contributed by atoms with Gasteiger partial charge < -0.3 is 14.9 Å². The highest BCUT2D eigenvalue weighted by atomic mass is 16.5. The van der Waals surface area contributed by atoms with Gasteiger partial charge in [0.2, 0.25) is 0 Å². The lowest BCUT2D eigenvalue weighted by Crippen LogP contribution is -2.72. The Bertz CT molecular complexity index is 891. The molecule has 33 heavy (non-hydrogen) atoms. The van der Waals surface area contributed by atoms with Gasteiger partial charge in [-0.05, 0) is 84.9 Å². The number of hydrogen-bond acceptors (Lipinski definition) is 3. The smallest absolute Gasteiger partial charge is 0.0957 e. The fourth-order valence-corrected chi connectivity index (χ4v) is 11.3. The van der Waals surface area contributed by atoms with Gasteiger partial charge in [-0.2, -0.15) is 0 Å². The van der Waals surface area contributed by atoms with E-state index in [0.717, 1.165) is 45.1 Å². The molecule has 1 saturated heterocycles. The summed E-state index contributed by atoms with van der Waals surface area (Å²) >= 11 is 0. The Morgan fingerprint density at radius 2 is 1.52 bits per heavy atom. The van der Waals surface area contributed by atoms with Gasteiger partial charge in [-0.1, -0.05) is 60.6 Å². The summed E-state index contributed by atoms with van der Waals surface area (Å²) in [6.45, 7) is 17.8. The first-order valence-corrected chi connectivity index (χ1v) is 13.9. The third-order valence-corrected chi connectivity index (χ3v) is 13.6. The molecule has 0 aromatic heterocycles. The fourth-order valence-electron chi connectivity index (χ4n) is 11.3. The highest BCUT2D eigenvalue weighted by Gasteiger charge is 2.78. The molecule has 6 aliphatic rings. The zero-order valence-corrected chi connectivity index (χ0v) is 22.2. The zero-order chi connectivity index (χ0) is 23.9. The molecule has 1 spiro atoms. The van der Waals surface area contributed by atoms with Crippen LogP contribution < -0.4 is 0 Å². The molecule has 2 unspecified atom stereocenters. The summed E-state index contributed by atoms with van der Waals surface area (Å²) in [7, 11) is 0. The van der Waals surface area contributed by atoms with Crippen LogP contribution in [0.4, 0.5) is 0 Å². The number of allylic oxidation sites excluding steroid dienone is 1. The largest absolute Gasteiger partial charge is 0.393 e. The van der Waals surface area contributed by atoms with Gasteiger partial charge in [0, 0.05) is 16.7 Å². The van der Waals surface area contributed by atoms with Crippen molar-refractivity contribution in [2.45, 2.75) is 118 Å². The Labute approximate surface area is 201 Å². The second-order valence-electron chi connectivity index (χ2n) is 15.5. The first kappa shape index (κ1) is 23.0. The number of hydrogen-bond donors (Lipinski definition) is 2. The van der Waals surface area contributed by atoms with Gasteiger partial charge in [-0.15, -0.1) is 0 Å². The molecular formula is C30H48O3. The van der Waals surface area contributed by atoms with Crippen molar-refractivity contribution in [1.29, 1.82) is 0 Å². The minimum absolute atomic E-state index is 0.0449. The predicted octanol–water partition coefficient (Wildman–Crippen LogP) is 6.13. The molecule has 5 fully saturated rings. The molecule has 1 heterocycles. The Hall–Kier alpha value is -0.380. The van der Waals surface area contributed by atoms with Crippen LogP contribution in [0, 0.1) is 50.2 Å². The van der Waals surface area contributed by atoms with Crippen LogP contribution in [-0.2, 0) is 4.74 Å². The van der Waals surface area contributed by atoms with Gasteiger partial charge in [0.1, 0.15) is 0 Å². The molecule has 3 heteroatoms. The molecule has 5 aliphatic carbocycles. The molecule has 0 radical (unpaired) electrons. The number of aliphatic hydroxyl groups is 2. The van der Waals surface area contributed by atoms with Gasteiger partial charge in [-0.3, -0.25) is 0 Å². The molecule has 4 saturated carbocycles. The number of ether oxygens (including phenoxy) is 1. The fraction of sp³-hybridized carbons (Fsp3) is 0.933. The van der Waals surface area contributed by atoms with Gasteiger partial charge >= 0.3 is 0 Å². The average Bonchev–Trinajstić information content (AvgIpc) is 2.99. The molecule has 0 aromatic rings. The van der Waals surface area contributed by atoms with Crippen molar-refractivity contribution in [1.82, 2.24) is 0 Å². The van der Waals surface area contributed by atoms with E-state index < -0.39 is 0 Å². The minimum Gasteiger partial charge on any atom is -0.393 e. The van der Waals surface area contributed by atoms with E-state index in [1.807, 2.05) is 0 Å². The summed E-state index contributed by atoms with van der Waals surface area (Å²) in [5.41, 5.74) is 0.154. The maximum Gasteiger partial charge on any atom is 0.0957 e. The van der Waals surface area contributed by atoms with Crippen LogP contribution in [-0.4, -0.2) is 34.6 Å². The molecule has 1 aliphatic heterocycles. The summed E-state index contributed by atoms with van der Waals surface area (Å²) in [5.74, 6) is 1.40. The number of fused-ring (bicyclic) bond motifs is 4. The van der Waals surface area contributed by atoms with E-state index in [4.69, 9.17) is 4.74 Å². The quantitative estimate of drug-likeness (QED) is 0.431. The Morgan fingerprint density at radius 3 is 2.24 bits per heavy atom. The lowest BCUT2D eigenvalue weighted by molar-refractivity contribution is -0.256. The van der Waals surface area contributed by atoms with Crippen molar-refractivity contribution in [2.24, 2.45) is 50.2 Å². The topological polar surface area (TPSA) is 49.7 Å². The van der Waals surface area contributed by atoms with Crippen LogP contribution in [0.5, 0.6) is 0 Å². The molecule has 186 valence electrons. The van der Waals surface area contributed by atoms with E-state index in [1.165, 1.54) is 12.8 Å². The van der Waals surface area contributed by atoms with Crippen molar-refractivity contribution in [3.8, 4) is 0 Å². The standard InChI is InChI=1S/C30H48O3/c1-24(2)14-15-29-18-33-30(21(29)16-24)13-9-20-26(5)11-10-22(31)25(3,4)19(26)8-12-27(20,6)28(30,7)17-23(29)32/h9,13,19-23,31-32H,8,10-12,14-18H2,1-7H3/t19-,20+,21-,22?,23?,26+,27-,28+,29+,30+/m1/s1. The summed E-state index contributed by atoms with van der Waals surface area (Å²) in [4.78, 5) is 0. The van der Waals surface area contributed by atoms with Crippen molar-refractivity contribution in [3.63, 3.8) is 0 Å². The highest BCUT2D eigenvalue weighted by molar-refractivity contribution is 5.35. The molecule has 10 atom stereocenters. The normalized spacial score (nSPS) is 60.3. The summed E-state index contributed by atoms with van der Waals surface area (Å²) in [5, 5.41) is 22.7. The highest BCUT2D eigenvalue weighted by Crippen LogP contribution is 2.79. The molecule has 0 amide bonds. The second kappa shape index (κ2) is 6.30. The molecular weight excluding hydrogens is 408 g/mol. The summed E-state index contributed by atoms with van der Waals surface area (Å²) < 4.78 is 7.03. The molecule has 3 nitrogen and oxygen atoms in total. The zero-order valence-electron chi connectivity index (χ0n) is 22.2. The first-order valence-electron chi connectivity index (χ1n) is 13.9. The van der Waals surface area contributed by atoms with Crippen LogP contribution in [0.3, 0.4) is 0 Å². The average molecular weight is 457 g/mol. The summed E-state index contributed by atoms with van der Waals surface area (Å²) in [6.07, 6.45) is 13.3. The monoisotopic (exact) mass is 456 g/mol. The van der Waals surface area contributed by atoms with E-state index >= 15 is 0 Å². The molecule has 0 aromatic carbocycles. The lowest BCUT2D eigenvalue weighted by Gasteiger charge is -2.73. The Morgan fingerprint density at radius 1 is 0.788 bits per heavy atom. The lowest BCUT2D eigenvalue weighted by atomic mass is 9.32.